The van der Waals surface area contributed by atoms with E-state index in [0.29, 0.717) is 0 Å². The summed E-state index contributed by atoms with van der Waals surface area (Å²) in [5, 5.41) is 12.2. The molecule has 0 aliphatic carbocycles. The lowest BCUT2D eigenvalue weighted by atomic mass is 10.1. The predicted molar refractivity (Wildman–Crippen MR) is 75.2 cm³/mol. The van der Waals surface area contributed by atoms with Crippen LogP contribution in [0.25, 0.3) is 0 Å². The van der Waals surface area contributed by atoms with E-state index in [9.17, 15) is 0 Å². The molecule has 86 valence electrons. The van der Waals surface area contributed by atoms with Crippen LogP contribution >= 0.6 is 27.3 Å². The standard InChI is InChI=1S/C13H11BrN2S/c1-9-6-11(3-2-10(9)7-15)16-8-12-4-5-13(14)17-12/h2-6,16H,8H2,1H3. The average Bonchev–Trinajstić information content (AvgIpc) is 2.73. The van der Waals surface area contributed by atoms with Crippen LogP contribution in [0, 0.1) is 18.3 Å². The highest BCUT2D eigenvalue weighted by Gasteiger charge is 2.00. The fourth-order valence-electron chi connectivity index (χ4n) is 1.54. The van der Waals surface area contributed by atoms with Gasteiger partial charge in [0.25, 0.3) is 0 Å². The van der Waals surface area contributed by atoms with Crippen molar-refractivity contribution < 1.29 is 0 Å². The first kappa shape index (κ1) is 12.2. The maximum atomic E-state index is 8.85. The van der Waals surface area contributed by atoms with Crippen molar-refractivity contribution in [1.82, 2.24) is 0 Å². The van der Waals surface area contributed by atoms with Gasteiger partial charge in [0.1, 0.15) is 0 Å². The summed E-state index contributed by atoms with van der Waals surface area (Å²) in [7, 11) is 0. The van der Waals surface area contributed by atoms with Crippen molar-refractivity contribution in [2.45, 2.75) is 13.5 Å². The van der Waals surface area contributed by atoms with E-state index in [0.717, 1.165) is 27.1 Å². The molecule has 0 amide bonds. The maximum absolute atomic E-state index is 8.85. The van der Waals surface area contributed by atoms with E-state index in [1.165, 1.54) is 4.88 Å². The molecule has 0 unspecified atom stereocenters. The molecule has 0 saturated carbocycles. The Morgan fingerprint density at radius 2 is 2.18 bits per heavy atom. The van der Waals surface area contributed by atoms with Crippen molar-refractivity contribution in [2.75, 3.05) is 5.32 Å². The Balaban J connectivity index is 2.05. The van der Waals surface area contributed by atoms with Gasteiger partial charge < -0.3 is 5.32 Å². The van der Waals surface area contributed by atoms with Gasteiger partial charge in [-0.05, 0) is 58.7 Å². The molecule has 0 saturated heterocycles. The highest BCUT2D eigenvalue weighted by atomic mass is 79.9. The monoisotopic (exact) mass is 306 g/mol. The van der Waals surface area contributed by atoms with Crippen LogP contribution in [0.15, 0.2) is 34.1 Å². The Hall–Kier alpha value is -1.31. The first-order chi connectivity index (χ1) is 8.19. The van der Waals surface area contributed by atoms with Crippen LogP contribution < -0.4 is 5.32 Å². The molecule has 2 rings (SSSR count). The number of nitriles is 1. The molecular formula is C13H11BrN2S. The van der Waals surface area contributed by atoms with Crippen molar-refractivity contribution >= 4 is 33.0 Å². The second-order valence-corrected chi connectivity index (χ2v) is 6.25. The molecular weight excluding hydrogens is 296 g/mol. The summed E-state index contributed by atoms with van der Waals surface area (Å²) in [4.78, 5) is 1.28. The zero-order valence-corrected chi connectivity index (χ0v) is 11.7. The number of rotatable bonds is 3. The Labute approximate surface area is 113 Å². The lowest BCUT2D eigenvalue weighted by molar-refractivity contribution is 1.19. The molecule has 2 nitrogen and oxygen atoms in total. The Morgan fingerprint density at radius 1 is 1.35 bits per heavy atom. The first-order valence-corrected chi connectivity index (χ1v) is 6.79. The molecule has 0 fully saturated rings. The van der Waals surface area contributed by atoms with E-state index in [1.54, 1.807) is 11.3 Å². The maximum Gasteiger partial charge on any atom is 0.0994 e. The molecule has 0 radical (unpaired) electrons. The second kappa shape index (κ2) is 5.35. The quantitative estimate of drug-likeness (QED) is 0.917. The average molecular weight is 307 g/mol. The summed E-state index contributed by atoms with van der Waals surface area (Å²) in [6.07, 6.45) is 0. The molecule has 17 heavy (non-hydrogen) atoms. The van der Waals surface area contributed by atoms with E-state index in [2.05, 4.69) is 33.4 Å². The molecule has 0 aliphatic heterocycles. The number of halogens is 1. The Morgan fingerprint density at radius 3 is 2.76 bits per heavy atom. The minimum absolute atomic E-state index is 0.731. The van der Waals surface area contributed by atoms with E-state index >= 15 is 0 Å². The number of aryl methyl sites for hydroxylation is 1. The van der Waals surface area contributed by atoms with Gasteiger partial charge in [-0.15, -0.1) is 11.3 Å². The Bertz CT molecular complexity index is 569. The van der Waals surface area contributed by atoms with Gasteiger partial charge in [0.2, 0.25) is 0 Å². The smallest absolute Gasteiger partial charge is 0.0994 e. The fourth-order valence-corrected chi connectivity index (χ4v) is 2.96. The summed E-state index contributed by atoms with van der Waals surface area (Å²) in [5.41, 5.74) is 2.78. The Kier molecular flexibility index (Phi) is 3.82. The second-order valence-electron chi connectivity index (χ2n) is 3.70. The lowest BCUT2D eigenvalue weighted by Gasteiger charge is -2.06. The van der Waals surface area contributed by atoms with E-state index in [4.69, 9.17) is 5.26 Å². The highest BCUT2D eigenvalue weighted by molar-refractivity contribution is 9.11. The number of benzene rings is 1. The predicted octanol–water partition coefficient (Wildman–Crippen LogP) is 4.30. The lowest BCUT2D eigenvalue weighted by Crippen LogP contribution is -1.98. The molecule has 1 N–H and O–H groups in total. The van der Waals surface area contributed by atoms with Gasteiger partial charge in [0.05, 0.1) is 15.4 Å². The van der Waals surface area contributed by atoms with Crippen molar-refractivity contribution in [3.8, 4) is 6.07 Å². The van der Waals surface area contributed by atoms with Gasteiger partial charge in [-0.1, -0.05) is 0 Å². The van der Waals surface area contributed by atoms with Crippen LogP contribution in [-0.2, 0) is 6.54 Å². The van der Waals surface area contributed by atoms with Crippen LogP contribution in [0.5, 0.6) is 0 Å². The third-order valence-electron chi connectivity index (χ3n) is 2.44. The molecule has 0 aliphatic rings. The zero-order valence-electron chi connectivity index (χ0n) is 9.33. The van der Waals surface area contributed by atoms with Gasteiger partial charge in [-0.2, -0.15) is 5.26 Å². The number of hydrogen-bond acceptors (Lipinski definition) is 3. The molecule has 1 aromatic heterocycles. The van der Waals surface area contributed by atoms with Crippen molar-refractivity contribution in [3.63, 3.8) is 0 Å². The number of nitrogens with one attached hydrogen (secondary N) is 1. The van der Waals surface area contributed by atoms with Gasteiger partial charge in [0.15, 0.2) is 0 Å². The summed E-state index contributed by atoms with van der Waals surface area (Å²) < 4.78 is 1.14. The van der Waals surface area contributed by atoms with Gasteiger partial charge in [-0.3, -0.25) is 0 Å². The fraction of sp³-hybridized carbons (Fsp3) is 0.154. The van der Waals surface area contributed by atoms with Gasteiger partial charge >= 0.3 is 0 Å². The number of nitrogens with zero attached hydrogens (tertiary/aromatic N) is 1. The summed E-state index contributed by atoms with van der Waals surface area (Å²) in [6.45, 7) is 2.76. The molecule has 0 atom stereocenters. The molecule has 1 heterocycles. The topological polar surface area (TPSA) is 35.8 Å². The molecule has 2 aromatic rings. The third-order valence-corrected chi connectivity index (χ3v) is 4.07. The van der Waals surface area contributed by atoms with Crippen molar-refractivity contribution in [1.29, 1.82) is 5.26 Å². The summed E-state index contributed by atoms with van der Waals surface area (Å²) >= 11 is 5.16. The van der Waals surface area contributed by atoms with Crippen LogP contribution in [0.1, 0.15) is 16.0 Å². The van der Waals surface area contributed by atoms with E-state index in [1.807, 2.05) is 31.2 Å². The number of hydrogen-bond donors (Lipinski definition) is 1. The summed E-state index contributed by atoms with van der Waals surface area (Å²) in [5.74, 6) is 0. The van der Waals surface area contributed by atoms with E-state index in [-0.39, 0.29) is 0 Å². The first-order valence-electron chi connectivity index (χ1n) is 5.18. The molecule has 0 spiro atoms. The molecule has 1 aromatic carbocycles. The summed E-state index contributed by atoms with van der Waals surface area (Å²) in [6, 6.07) is 12.1. The minimum atomic E-state index is 0.731. The van der Waals surface area contributed by atoms with Crippen LogP contribution in [-0.4, -0.2) is 0 Å². The normalized spacial score (nSPS) is 9.94. The van der Waals surface area contributed by atoms with Crippen LogP contribution in [0.2, 0.25) is 0 Å². The van der Waals surface area contributed by atoms with Crippen molar-refractivity contribution in [2.24, 2.45) is 0 Å². The van der Waals surface area contributed by atoms with Crippen LogP contribution in [0.4, 0.5) is 5.69 Å². The highest BCUT2D eigenvalue weighted by Crippen LogP contribution is 2.23. The van der Waals surface area contributed by atoms with Crippen molar-refractivity contribution in [3.05, 3.63) is 50.1 Å². The minimum Gasteiger partial charge on any atom is -0.380 e. The zero-order chi connectivity index (χ0) is 12.3. The van der Waals surface area contributed by atoms with E-state index < -0.39 is 0 Å². The number of anilines is 1. The molecule has 4 heteroatoms. The largest absolute Gasteiger partial charge is 0.380 e. The molecule has 0 bridgehead atoms. The third kappa shape index (κ3) is 3.09. The SMILES string of the molecule is Cc1cc(NCc2ccc(Br)s2)ccc1C#N. The van der Waals surface area contributed by atoms with Crippen LogP contribution in [0.3, 0.4) is 0 Å². The number of thiophene rings is 1. The van der Waals surface area contributed by atoms with Gasteiger partial charge in [-0.25, -0.2) is 0 Å². The van der Waals surface area contributed by atoms with Gasteiger partial charge in [0, 0.05) is 17.1 Å².